The second kappa shape index (κ2) is 7.18. The number of hydrogen-bond acceptors (Lipinski definition) is 2. The Hall–Kier alpha value is -1.80. The summed E-state index contributed by atoms with van der Waals surface area (Å²) in [5.74, 6) is 0.384. The van der Waals surface area contributed by atoms with Gasteiger partial charge in [-0.05, 0) is 49.1 Å². The molecule has 2 heteroatoms. The van der Waals surface area contributed by atoms with Gasteiger partial charge in [0.05, 0.1) is 0 Å². The lowest BCUT2D eigenvalue weighted by Gasteiger charge is -2.36. The molecule has 23 heavy (non-hydrogen) atoms. The lowest BCUT2D eigenvalue weighted by atomic mass is 9.74. The zero-order valence-electron chi connectivity index (χ0n) is 14.0. The molecule has 1 atom stereocenters. The van der Waals surface area contributed by atoms with Gasteiger partial charge >= 0.3 is 0 Å². The molecule has 0 saturated carbocycles. The minimum Gasteiger partial charge on any atom is -0.508 e. The summed E-state index contributed by atoms with van der Waals surface area (Å²) in [6.45, 7) is 5.54. The standard InChI is InChI=1S/C21H27NO/c1-2-21(19-11-8-12-20(23)15-19)13-6-7-14-22(17-21)16-18-9-4-3-5-10-18/h3-5,8-12,15,23H,2,6-7,13-14,16-17H2,1H3. The smallest absolute Gasteiger partial charge is 0.115 e. The third-order valence-electron chi connectivity index (χ3n) is 5.29. The highest BCUT2D eigenvalue weighted by Crippen LogP contribution is 2.38. The molecule has 2 aromatic rings. The van der Waals surface area contributed by atoms with Crippen molar-refractivity contribution >= 4 is 0 Å². The van der Waals surface area contributed by atoms with Gasteiger partial charge in [0, 0.05) is 18.5 Å². The zero-order valence-corrected chi connectivity index (χ0v) is 14.0. The average Bonchev–Trinajstić information content (AvgIpc) is 2.79. The number of aromatic hydroxyl groups is 1. The van der Waals surface area contributed by atoms with Gasteiger partial charge in [-0.15, -0.1) is 0 Å². The van der Waals surface area contributed by atoms with Gasteiger partial charge in [-0.25, -0.2) is 0 Å². The van der Waals surface area contributed by atoms with Gasteiger partial charge in [-0.3, -0.25) is 4.90 Å². The molecular formula is C21H27NO. The second-order valence-corrected chi connectivity index (χ2v) is 6.84. The summed E-state index contributed by atoms with van der Waals surface area (Å²) in [4.78, 5) is 2.59. The van der Waals surface area contributed by atoms with Gasteiger partial charge in [0.25, 0.3) is 0 Å². The van der Waals surface area contributed by atoms with Gasteiger partial charge < -0.3 is 5.11 Å². The van der Waals surface area contributed by atoms with E-state index < -0.39 is 0 Å². The van der Waals surface area contributed by atoms with Crippen molar-refractivity contribution in [3.05, 3.63) is 65.7 Å². The highest BCUT2D eigenvalue weighted by Gasteiger charge is 2.34. The Kier molecular flexibility index (Phi) is 5.02. The first-order valence-electron chi connectivity index (χ1n) is 8.78. The summed E-state index contributed by atoms with van der Waals surface area (Å²) >= 11 is 0. The van der Waals surface area contributed by atoms with Crippen LogP contribution in [-0.4, -0.2) is 23.1 Å². The molecule has 122 valence electrons. The fourth-order valence-corrected chi connectivity index (χ4v) is 3.93. The van der Waals surface area contributed by atoms with Crippen molar-refractivity contribution < 1.29 is 5.11 Å². The normalized spacial score (nSPS) is 22.7. The van der Waals surface area contributed by atoms with E-state index in [1.165, 1.54) is 30.4 Å². The van der Waals surface area contributed by atoms with Crippen LogP contribution >= 0.6 is 0 Å². The SMILES string of the molecule is CCC1(c2cccc(O)c2)CCCCN(Cc2ccccc2)C1. The maximum Gasteiger partial charge on any atom is 0.115 e. The van der Waals surface area contributed by atoms with Crippen LogP contribution < -0.4 is 0 Å². The first-order chi connectivity index (χ1) is 11.2. The van der Waals surface area contributed by atoms with Crippen molar-refractivity contribution in [3.8, 4) is 5.75 Å². The van der Waals surface area contributed by atoms with Crippen LogP contribution in [-0.2, 0) is 12.0 Å². The van der Waals surface area contributed by atoms with Crippen LogP contribution in [0.15, 0.2) is 54.6 Å². The molecule has 0 bridgehead atoms. The topological polar surface area (TPSA) is 23.5 Å². The number of benzene rings is 2. The van der Waals surface area contributed by atoms with Crippen molar-refractivity contribution in [2.45, 2.75) is 44.6 Å². The zero-order chi connectivity index (χ0) is 16.1. The van der Waals surface area contributed by atoms with Crippen LogP contribution in [0.3, 0.4) is 0 Å². The number of phenols is 1. The molecule has 3 rings (SSSR count). The first-order valence-corrected chi connectivity index (χ1v) is 8.78. The Balaban J connectivity index is 1.84. The molecule has 0 aromatic heterocycles. The van der Waals surface area contributed by atoms with E-state index in [9.17, 15) is 5.11 Å². The van der Waals surface area contributed by atoms with Gasteiger partial charge in [-0.1, -0.05) is 55.8 Å². The van der Waals surface area contributed by atoms with E-state index in [0.717, 1.165) is 26.1 Å². The molecule has 1 N–H and O–H groups in total. The maximum atomic E-state index is 9.91. The van der Waals surface area contributed by atoms with Crippen LogP contribution in [0.25, 0.3) is 0 Å². The Morgan fingerprint density at radius 3 is 2.61 bits per heavy atom. The predicted octanol–water partition coefficient (Wildman–Crippen LogP) is 4.73. The maximum absolute atomic E-state index is 9.91. The van der Waals surface area contributed by atoms with E-state index in [-0.39, 0.29) is 5.41 Å². The van der Waals surface area contributed by atoms with Crippen LogP contribution in [0, 0.1) is 0 Å². The minimum atomic E-state index is 0.157. The van der Waals surface area contributed by atoms with Crippen LogP contribution in [0.5, 0.6) is 5.75 Å². The average molecular weight is 309 g/mol. The van der Waals surface area contributed by atoms with E-state index in [2.05, 4.69) is 48.2 Å². The van der Waals surface area contributed by atoms with Gasteiger partial charge in [-0.2, -0.15) is 0 Å². The molecule has 1 aliphatic heterocycles. The number of phenolic OH excluding ortho intramolecular Hbond substituents is 1. The molecule has 0 radical (unpaired) electrons. The highest BCUT2D eigenvalue weighted by atomic mass is 16.3. The number of nitrogens with zero attached hydrogens (tertiary/aromatic N) is 1. The Bertz CT molecular complexity index is 625. The summed E-state index contributed by atoms with van der Waals surface area (Å²) in [6.07, 6.45) is 4.84. The molecule has 0 spiro atoms. The van der Waals surface area contributed by atoms with Crippen molar-refractivity contribution in [1.29, 1.82) is 0 Å². The minimum absolute atomic E-state index is 0.157. The number of likely N-dealkylation sites (tertiary alicyclic amines) is 1. The lowest BCUT2D eigenvalue weighted by Crippen LogP contribution is -2.38. The molecule has 1 unspecified atom stereocenters. The molecule has 2 nitrogen and oxygen atoms in total. The predicted molar refractivity (Wildman–Crippen MR) is 95.6 cm³/mol. The van der Waals surface area contributed by atoms with Gasteiger partial charge in [0.15, 0.2) is 0 Å². The van der Waals surface area contributed by atoms with Gasteiger partial charge in [0.2, 0.25) is 0 Å². The van der Waals surface area contributed by atoms with E-state index in [1.54, 1.807) is 6.07 Å². The summed E-state index contributed by atoms with van der Waals surface area (Å²) in [6, 6.07) is 18.7. The van der Waals surface area contributed by atoms with E-state index >= 15 is 0 Å². The fourth-order valence-electron chi connectivity index (χ4n) is 3.93. The van der Waals surface area contributed by atoms with Crippen molar-refractivity contribution in [1.82, 2.24) is 4.90 Å². The molecule has 0 aliphatic carbocycles. The van der Waals surface area contributed by atoms with Crippen LogP contribution in [0.2, 0.25) is 0 Å². The molecule has 0 amide bonds. The third kappa shape index (κ3) is 3.76. The van der Waals surface area contributed by atoms with Gasteiger partial charge in [0.1, 0.15) is 5.75 Å². The van der Waals surface area contributed by atoms with E-state index in [0.29, 0.717) is 5.75 Å². The van der Waals surface area contributed by atoms with Crippen molar-refractivity contribution in [2.75, 3.05) is 13.1 Å². The fraction of sp³-hybridized carbons (Fsp3) is 0.429. The van der Waals surface area contributed by atoms with Crippen LogP contribution in [0.1, 0.15) is 43.7 Å². The molecule has 1 saturated heterocycles. The monoisotopic (exact) mass is 309 g/mol. The summed E-state index contributed by atoms with van der Waals surface area (Å²) in [7, 11) is 0. The molecule has 2 aromatic carbocycles. The van der Waals surface area contributed by atoms with Crippen molar-refractivity contribution in [2.24, 2.45) is 0 Å². The Morgan fingerprint density at radius 1 is 1.04 bits per heavy atom. The largest absolute Gasteiger partial charge is 0.508 e. The second-order valence-electron chi connectivity index (χ2n) is 6.84. The lowest BCUT2D eigenvalue weighted by molar-refractivity contribution is 0.211. The Labute approximate surface area is 139 Å². The quantitative estimate of drug-likeness (QED) is 0.883. The first kappa shape index (κ1) is 16.1. The number of hydrogen-bond donors (Lipinski definition) is 1. The highest BCUT2D eigenvalue weighted by molar-refractivity contribution is 5.34. The molecular weight excluding hydrogens is 282 g/mol. The molecule has 1 heterocycles. The summed E-state index contributed by atoms with van der Waals surface area (Å²) in [5, 5.41) is 9.91. The van der Waals surface area contributed by atoms with Crippen molar-refractivity contribution in [3.63, 3.8) is 0 Å². The summed E-state index contributed by atoms with van der Waals surface area (Å²) < 4.78 is 0. The van der Waals surface area contributed by atoms with E-state index in [4.69, 9.17) is 0 Å². The number of rotatable bonds is 4. The van der Waals surface area contributed by atoms with Crippen LogP contribution in [0.4, 0.5) is 0 Å². The molecule has 1 aliphatic rings. The summed E-state index contributed by atoms with van der Waals surface area (Å²) in [5.41, 5.74) is 2.83. The molecule has 1 fully saturated rings. The third-order valence-corrected chi connectivity index (χ3v) is 5.29. The van der Waals surface area contributed by atoms with E-state index in [1.807, 2.05) is 12.1 Å². The Morgan fingerprint density at radius 2 is 1.87 bits per heavy atom.